The number of hydrogen-bond acceptors (Lipinski definition) is 2. The minimum Gasteiger partial charge on any atom is -0.381 e. The largest absolute Gasteiger partial charge is 0.389 e. The van der Waals surface area contributed by atoms with Gasteiger partial charge in [0.1, 0.15) is 0 Å². The highest BCUT2D eigenvalue weighted by atomic mass is 19.4. The van der Waals surface area contributed by atoms with Crippen LogP contribution in [0.25, 0.3) is 0 Å². The molecule has 1 aliphatic heterocycles. The summed E-state index contributed by atoms with van der Waals surface area (Å²) in [6.07, 6.45) is -4.06. The second-order valence-electron chi connectivity index (χ2n) is 3.98. The minimum absolute atomic E-state index is 0.337. The molecule has 1 heterocycles. The van der Waals surface area contributed by atoms with Crippen molar-refractivity contribution in [2.75, 3.05) is 19.8 Å². The summed E-state index contributed by atoms with van der Waals surface area (Å²) < 4.78 is 40.6. The van der Waals surface area contributed by atoms with E-state index in [0.717, 1.165) is 12.8 Å². The van der Waals surface area contributed by atoms with Crippen LogP contribution in [-0.4, -0.2) is 31.8 Å². The molecule has 0 saturated carbocycles. The van der Waals surface area contributed by atoms with E-state index in [1.54, 1.807) is 0 Å². The van der Waals surface area contributed by atoms with Crippen LogP contribution >= 0.6 is 0 Å². The Morgan fingerprint density at radius 2 is 1.94 bits per heavy atom. The molecule has 0 aromatic rings. The lowest BCUT2D eigenvalue weighted by Gasteiger charge is -2.22. The molecule has 1 aliphatic rings. The molecule has 1 amide bonds. The topological polar surface area (TPSA) is 38.3 Å². The van der Waals surface area contributed by atoms with Crippen LogP contribution in [-0.2, 0) is 9.53 Å². The first kappa shape index (κ1) is 13.3. The van der Waals surface area contributed by atoms with Gasteiger partial charge in [0.05, 0.1) is 6.42 Å². The number of nitrogens with one attached hydrogen (secondary N) is 1. The van der Waals surface area contributed by atoms with Crippen molar-refractivity contribution in [3.8, 4) is 0 Å². The molecule has 3 nitrogen and oxygen atoms in total. The van der Waals surface area contributed by atoms with Gasteiger partial charge in [-0.3, -0.25) is 4.79 Å². The van der Waals surface area contributed by atoms with Crippen LogP contribution in [0.5, 0.6) is 0 Å². The van der Waals surface area contributed by atoms with E-state index in [-0.39, 0.29) is 0 Å². The van der Waals surface area contributed by atoms with Gasteiger partial charge in [0.2, 0.25) is 5.91 Å². The summed E-state index contributed by atoms with van der Waals surface area (Å²) in [6, 6.07) is 0. The molecule has 0 spiro atoms. The van der Waals surface area contributed by atoms with Crippen LogP contribution in [0.2, 0.25) is 0 Å². The maximum absolute atomic E-state index is 11.8. The number of amides is 1. The molecule has 0 aromatic carbocycles. The van der Waals surface area contributed by atoms with E-state index in [2.05, 4.69) is 5.32 Å². The summed E-state index contributed by atoms with van der Waals surface area (Å²) >= 11 is 0. The Kier molecular flexibility index (Phi) is 5.05. The molecule has 1 fully saturated rings. The average Bonchev–Trinajstić information content (AvgIpc) is 2.24. The number of alkyl halides is 3. The highest BCUT2D eigenvalue weighted by molar-refractivity contribution is 5.75. The van der Waals surface area contributed by atoms with Crippen LogP contribution in [0.15, 0.2) is 0 Å². The van der Waals surface area contributed by atoms with E-state index in [1.165, 1.54) is 0 Å². The van der Waals surface area contributed by atoms with Crippen LogP contribution in [0.1, 0.15) is 25.7 Å². The lowest BCUT2D eigenvalue weighted by molar-refractivity contribution is -0.144. The molecule has 1 rings (SSSR count). The van der Waals surface area contributed by atoms with Crippen molar-refractivity contribution in [2.45, 2.75) is 31.9 Å². The number of carbonyl (C=O) groups is 1. The number of rotatable bonds is 4. The van der Waals surface area contributed by atoms with Crippen LogP contribution in [0.4, 0.5) is 13.2 Å². The predicted molar refractivity (Wildman–Crippen MR) is 51.8 cm³/mol. The van der Waals surface area contributed by atoms with Gasteiger partial charge in [0.25, 0.3) is 0 Å². The zero-order chi connectivity index (χ0) is 12.0. The molecule has 0 bridgehead atoms. The Labute approximate surface area is 92.3 Å². The van der Waals surface area contributed by atoms with E-state index in [0.29, 0.717) is 25.7 Å². The molecular formula is C10H16F3NO2. The van der Waals surface area contributed by atoms with Gasteiger partial charge >= 0.3 is 6.18 Å². The van der Waals surface area contributed by atoms with Crippen molar-refractivity contribution in [3.63, 3.8) is 0 Å². The average molecular weight is 239 g/mol. The molecule has 0 radical (unpaired) electrons. The summed E-state index contributed by atoms with van der Waals surface area (Å²) in [6.45, 7) is 1.80. The second kappa shape index (κ2) is 6.08. The van der Waals surface area contributed by atoms with E-state index >= 15 is 0 Å². The predicted octanol–water partition coefficient (Wildman–Crippen LogP) is 1.87. The van der Waals surface area contributed by atoms with E-state index in [1.807, 2.05) is 0 Å². The summed E-state index contributed by atoms with van der Waals surface area (Å²) in [4.78, 5) is 11.1. The van der Waals surface area contributed by atoms with Gasteiger partial charge in [-0.1, -0.05) is 0 Å². The molecule has 0 aromatic heterocycles. The van der Waals surface area contributed by atoms with Gasteiger partial charge < -0.3 is 10.1 Å². The third kappa shape index (κ3) is 5.95. The minimum atomic E-state index is -4.25. The smallest absolute Gasteiger partial charge is 0.381 e. The molecule has 94 valence electrons. The highest BCUT2D eigenvalue weighted by Crippen LogP contribution is 2.21. The van der Waals surface area contributed by atoms with Crippen LogP contribution in [0, 0.1) is 5.92 Å². The highest BCUT2D eigenvalue weighted by Gasteiger charge is 2.27. The third-order valence-corrected chi connectivity index (χ3v) is 2.56. The molecule has 0 atom stereocenters. The maximum atomic E-state index is 11.8. The van der Waals surface area contributed by atoms with Gasteiger partial charge in [-0.2, -0.15) is 13.2 Å². The zero-order valence-corrected chi connectivity index (χ0v) is 8.98. The first-order chi connectivity index (χ1) is 7.47. The Bertz CT molecular complexity index is 225. The van der Waals surface area contributed by atoms with Crippen molar-refractivity contribution < 1.29 is 22.7 Å². The van der Waals surface area contributed by atoms with Crippen LogP contribution < -0.4 is 5.32 Å². The Balaban J connectivity index is 2.09. The van der Waals surface area contributed by atoms with Crippen molar-refractivity contribution in [2.24, 2.45) is 5.92 Å². The summed E-state index contributed by atoms with van der Waals surface area (Å²) in [5.74, 6) is -0.188. The third-order valence-electron chi connectivity index (χ3n) is 2.56. The fraction of sp³-hybridized carbons (Fsp3) is 0.900. The molecule has 0 unspecified atom stereocenters. The number of hydrogen-bond donors (Lipinski definition) is 1. The fourth-order valence-corrected chi connectivity index (χ4v) is 1.55. The first-order valence-electron chi connectivity index (χ1n) is 5.38. The van der Waals surface area contributed by atoms with Gasteiger partial charge in [0, 0.05) is 26.2 Å². The van der Waals surface area contributed by atoms with Crippen molar-refractivity contribution in [1.29, 1.82) is 0 Å². The Morgan fingerprint density at radius 3 is 2.50 bits per heavy atom. The Hall–Kier alpha value is -0.780. The van der Waals surface area contributed by atoms with E-state index in [9.17, 15) is 18.0 Å². The summed E-state index contributed by atoms with van der Waals surface area (Å²) in [5, 5.41) is 2.53. The molecule has 16 heavy (non-hydrogen) atoms. The van der Waals surface area contributed by atoms with E-state index in [4.69, 9.17) is 4.74 Å². The quantitative estimate of drug-likeness (QED) is 0.813. The fourth-order valence-electron chi connectivity index (χ4n) is 1.55. The lowest BCUT2D eigenvalue weighted by atomic mass is 10.0. The molecular weight excluding hydrogens is 223 g/mol. The zero-order valence-electron chi connectivity index (χ0n) is 8.98. The van der Waals surface area contributed by atoms with E-state index < -0.39 is 24.9 Å². The van der Waals surface area contributed by atoms with Crippen molar-refractivity contribution in [1.82, 2.24) is 5.32 Å². The first-order valence-corrected chi connectivity index (χ1v) is 5.38. The normalized spacial score (nSPS) is 18.4. The standard InChI is InChI=1S/C10H16F3NO2/c11-10(12,13)4-1-9(15)14-7-8-2-5-16-6-3-8/h8H,1-7H2,(H,14,15). The molecule has 1 saturated heterocycles. The maximum Gasteiger partial charge on any atom is 0.389 e. The second-order valence-corrected chi connectivity index (χ2v) is 3.98. The van der Waals surface area contributed by atoms with Gasteiger partial charge in [0.15, 0.2) is 0 Å². The monoisotopic (exact) mass is 239 g/mol. The molecule has 1 N–H and O–H groups in total. The molecule has 0 aliphatic carbocycles. The molecule has 6 heteroatoms. The van der Waals surface area contributed by atoms with Crippen LogP contribution in [0.3, 0.4) is 0 Å². The number of ether oxygens (including phenoxy) is 1. The van der Waals surface area contributed by atoms with Crippen molar-refractivity contribution in [3.05, 3.63) is 0 Å². The summed E-state index contributed by atoms with van der Waals surface area (Å²) in [5.41, 5.74) is 0. The van der Waals surface area contributed by atoms with Gasteiger partial charge in [-0.15, -0.1) is 0 Å². The van der Waals surface area contributed by atoms with Crippen molar-refractivity contribution >= 4 is 5.91 Å². The summed E-state index contributed by atoms with van der Waals surface area (Å²) in [7, 11) is 0. The Morgan fingerprint density at radius 1 is 1.31 bits per heavy atom. The SMILES string of the molecule is O=C(CCC(F)(F)F)NCC1CCOCC1. The van der Waals surface area contributed by atoms with Gasteiger partial charge in [-0.25, -0.2) is 0 Å². The number of carbonyl (C=O) groups excluding carboxylic acids is 1. The number of halogens is 3. The lowest BCUT2D eigenvalue weighted by Crippen LogP contribution is -2.32. The van der Waals surface area contributed by atoms with Gasteiger partial charge in [-0.05, 0) is 18.8 Å².